The van der Waals surface area contributed by atoms with Gasteiger partial charge in [0.2, 0.25) is 0 Å². The normalized spacial score (nSPS) is 12.7. The zero-order valence-corrected chi connectivity index (χ0v) is 4.10. The van der Waals surface area contributed by atoms with Crippen molar-refractivity contribution in [1.29, 1.82) is 0 Å². The van der Waals surface area contributed by atoms with E-state index in [-0.39, 0.29) is 6.17 Å². The van der Waals surface area contributed by atoms with Crippen LogP contribution in [0, 0.1) is 6.92 Å². The van der Waals surface area contributed by atoms with Crippen LogP contribution in [0.4, 0.5) is 0 Å². The second kappa shape index (κ2) is 1.73. The molecule has 0 atom stereocenters. The molecule has 0 aliphatic rings. The van der Waals surface area contributed by atoms with Gasteiger partial charge in [-0.15, -0.1) is 0 Å². The minimum absolute atomic E-state index is 0.197. The van der Waals surface area contributed by atoms with Gasteiger partial charge in [0.25, 0.3) is 0 Å². The zero-order chi connectivity index (χ0) is 6.85. The maximum Gasteiger partial charge on any atom is 0.0843 e. The van der Waals surface area contributed by atoms with Gasteiger partial charge in [-0.2, -0.15) is 0 Å². The second-order valence-electron chi connectivity index (χ2n) is 1.33. The van der Waals surface area contributed by atoms with E-state index in [0.29, 0.717) is 11.6 Å². The monoisotopic (exact) mass is 97.1 g/mol. The summed E-state index contributed by atoms with van der Waals surface area (Å²) in [6.07, 6.45) is 1.67. The molecular weight excluding hydrogens is 86.1 g/mol. The van der Waals surface area contributed by atoms with Crippen LogP contribution in [0.2, 0.25) is 0 Å². The molecule has 0 aliphatic heterocycles. The van der Waals surface area contributed by atoms with E-state index in [1.165, 1.54) is 6.20 Å². The molecule has 0 aliphatic carbocycles. The fraction of sp³-hybridized carbons (Fsp3) is 0.167. The van der Waals surface area contributed by atoms with E-state index >= 15 is 0 Å². The van der Waals surface area contributed by atoms with Crippen LogP contribution in [0.25, 0.3) is 0 Å². The molecule has 0 saturated carbocycles. The van der Waals surface area contributed by atoms with E-state index in [4.69, 9.17) is 2.74 Å². The maximum atomic E-state index is 7.20. The summed E-state index contributed by atoms with van der Waals surface area (Å²) < 4.78 is 14.3. The summed E-state index contributed by atoms with van der Waals surface area (Å²) in [5, 5.41) is 0. The average molecular weight is 97.1 g/mol. The van der Waals surface area contributed by atoms with Gasteiger partial charge in [0.15, 0.2) is 0 Å². The van der Waals surface area contributed by atoms with E-state index < -0.39 is 0 Å². The first-order chi connectivity index (χ1) is 4.22. The molecule has 0 N–H and O–H groups in total. The van der Waals surface area contributed by atoms with Crippen molar-refractivity contribution in [2.24, 2.45) is 0 Å². The Labute approximate surface area is 45.8 Å². The van der Waals surface area contributed by atoms with Crippen LogP contribution in [-0.2, 0) is 0 Å². The van der Waals surface area contributed by atoms with Gasteiger partial charge in [0.05, 0.1) is 2.74 Å². The quantitative estimate of drug-likeness (QED) is 0.476. The molecular formula is C6H7N. The van der Waals surface area contributed by atoms with Crippen LogP contribution in [-0.4, -0.2) is 4.98 Å². The molecule has 0 spiro atoms. The van der Waals surface area contributed by atoms with Crippen molar-refractivity contribution in [3.05, 3.63) is 30.0 Å². The molecule has 0 aromatic carbocycles. The number of nitrogens with zero attached hydrogens (tertiary/aromatic N) is 1. The van der Waals surface area contributed by atoms with Gasteiger partial charge in [0.1, 0.15) is 0 Å². The smallest absolute Gasteiger partial charge is 0.0843 e. The molecule has 0 bridgehead atoms. The number of aromatic nitrogens is 1. The Bertz CT molecular complexity index is 202. The first-order valence-electron chi connectivity index (χ1n) is 3.10. The minimum atomic E-state index is 0.197. The van der Waals surface area contributed by atoms with Gasteiger partial charge in [-0.05, 0) is 18.6 Å². The van der Waals surface area contributed by atoms with Crippen LogP contribution in [0.1, 0.15) is 8.30 Å². The van der Waals surface area contributed by atoms with Crippen LogP contribution < -0.4 is 0 Å². The summed E-state index contributed by atoms with van der Waals surface area (Å²) in [7, 11) is 0. The van der Waals surface area contributed by atoms with Crippen LogP contribution in [0.5, 0.6) is 0 Å². The Kier molecular flexibility index (Phi) is 0.609. The highest BCUT2D eigenvalue weighted by molar-refractivity contribution is 5.04. The van der Waals surface area contributed by atoms with Crippen molar-refractivity contribution in [3.8, 4) is 0 Å². The summed E-state index contributed by atoms with van der Waals surface area (Å²) >= 11 is 0. The van der Waals surface area contributed by atoms with Gasteiger partial charge < -0.3 is 0 Å². The topological polar surface area (TPSA) is 12.9 Å². The molecule has 1 heterocycles. The largest absolute Gasteiger partial charge is 0.264 e. The third-order valence-electron chi connectivity index (χ3n) is 0.681. The summed E-state index contributed by atoms with van der Waals surface area (Å²) in [4.78, 5) is 3.69. The van der Waals surface area contributed by atoms with Crippen molar-refractivity contribution in [1.82, 2.24) is 4.98 Å². The highest BCUT2D eigenvalue weighted by Gasteiger charge is 1.73. The van der Waals surface area contributed by atoms with E-state index in [9.17, 15) is 0 Å². The Morgan fingerprint density at radius 3 is 3.29 bits per heavy atom. The first-order valence-corrected chi connectivity index (χ1v) is 2.10. The Morgan fingerprint density at radius 2 is 2.71 bits per heavy atom. The Morgan fingerprint density at radius 1 is 1.86 bits per heavy atom. The molecule has 1 aromatic heterocycles. The number of rotatable bonds is 0. The predicted octanol–water partition coefficient (Wildman–Crippen LogP) is 1.39. The molecule has 1 rings (SSSR count). The Balaban J connectivity index is 3.25. The summed E-state index contributed by atoms with van der Waals surface area (Å²) in [5.74, 6) is 0. The van der Waals surface area contributed by atoms with Gasteiger partial charge in [-0.3, -0.25) is 4.98 Å². The van der Waals surface area contributed by atoms with Crippen molar-refractivity contribution in [2.75, 3.05) is 0 Å². The lowest BCUT2D eigenvalue weighted by molar-refractivity contribution is 1.27. The summed E-state index contributed by atoms with van der Waals surface area (Å²) in [6.45, 7) is 1.72. The van der Waals surface area contributed by atoms with Crippen LogP contribution in [0.15, 0.2) is 24.5 Å². The molecule has 0 fully saturated rings. The maximum absolute atomic E-state index is 7.20. The van der Waals surface area contributed by atoms with E-state index in [2.05, 4.69) is 4.98 Å². The molecule has 0 unspecified atom stereocenters. The summed E-state index contributed by atoms with van der Waals surface area (Å²) in [6, 6.07) is 1.96. The molecule has 1 aromatic rings. The molecule has 7 heavy (non-hydrogen) atoms. The van der Waals surface area contributed by atoms with Crippen molar-refractivity contribution in [2.45, 2.75) is 6.92 Å². The first kappa shape index (κ1) is 2.46. The fourth-order valence-electron chi connectivity index (χ4n) is 0.366. The van der Waals surface area contributed by atoms with E-state index in [0.717, 1.165) is 0 Å². The summed E-state index contributed by atoms with van der Waals surface area (Å²) in [5.41, 5.74) is 0.637. The third kappa shape index (κ3) is 1.000. The molecule has 1 nitrogen and oxygen atoms in total. The van der Waals surface area contributed by atoms with E-state index in [1.807, 2.05) is 0 Å². The highest BCUT2D eigenvalue weighted by atomic mass is 14.6. The van der Waals surface area contributed by atoms with Crippen molar-refractivity contribution in [3.63, 3.8) is 0 Å². The second-order valence-corrected chi connectivity index (χ2v) is 1.33. The van der Waals surface area contributed by atoms with Gasteiger partial charge in [0, 0.05) is 12.4 Å². The lowest BCUT2D eigenvalue weighted by Crippen LogP contribution is -1.69. The number of hydrogen-bond donors (Lipinski definition) is 0. The SMILES string of the molecule is [3H]c1ccnc([3H])c1C. The fourth-order valence-corrected chi connectivity index (χ4v) is 0.366. The van der Waals surface area contributed by atoms with Gasteiger partial charge in [-0.1, -0.05) is 6.04 Å². The molecule has 36 valence electrons. The van der Waals surface area contributed by atoms with E-state index in [1.54, 1.807) is 13.0 Å². The molecule has 0 saturated heterocycles. The third-order valence-corrected chi connectivity index (χ3v) is 0.681. The average Bonchev–Trinajstić information content (AvgIpc) is 1.83. The lowest BCUT2D eigenvalue weighted by Gasteiger charge is -1.82. The minimum Gasteiger partial charge on any atom is -0.264 e. The van der Waals surface area contributed by atoms with Crippen molar-refractivity contribution >= 4 is 0 Å². The Hall–Kier alpha value is -0.850. The molecule has 0 amide bonds. The highest BCUT2D eigenvalue weighted by Crippen LogP contribution is 1.88. The molecule has 0 radical (unpaired) electrons. The van der Waals surface area contributed by atoms with Gasteiger partial charge >= 0.3 is 0 Å². The molecule has 1 heteroatoms. The van der Waals surface area contributed by atoms with Crippen LogP contribution in [0.3, 0.4) is 0 Å². The number of pyridine rings is 1. The van der Waals surface area contributed by atoms with Crippen LogP contribution >= 0.6 is 0 Å². The van der Waals surface area contributed by atoms with Gasteiger partial charge in [-0.25, -0.2) is 0 Å². The van der Waals surface area contributed by atoms with Crippen molar-refractivity contribution < 1.29 is 2.74 Å². The zero-order valence-electron chi connectivity index (χ0n) is 6.10. The standard InChI is InChI=1S/C6H7N/c1-6-3-2-4-7-5-6/h2-5H,1H3/i3T,5T. The predicted molar refractivity (Wildman–Crippen MR) is 29.0 cm³/mol. The number of hydrogen-bond acceptors (Lipinski definition) is 1. The lowest BCUT2D eigenvalue weighted by atomic mass is 10.3.